The van der Waals surface area contributed by atoms with Gasteiger partial charge in [-0.2, -0.15) is 5.26 Å². The first-order valence-corrected chi connectivity index (χ1v) is 12.9. The molecule has 1 fully saturated rings. The number of likely N-dealkylation sites (tertiary alicyclic amines) is 1. The van der Waals surface area contributed by atoms with Gasteiger partial charge in [-0.05, 0) is 60.5 Å². The lowest BCUT2D eigenvalue weighted by atomic mass is 9.71. The van der Waals surface area contributed by atoms with Crippen LogP contribution in [0.25, 0.3) is 0 Å². The molecule has 0 bridgehead atoms. The average molecular weight is 491 g/mol. The van der Waals surface area contributed by atoms with E-state index in [-0.39, 0.29) is 12.4 Å². The largest absolute Gasteiger partial charge is 0.385 e. The van der Waals surface area contributed by atoms with Gasteiger partial charge < -0.3 is 10.0 Å². The number of thioether (sulfide) groups is 1. The molecule has 34 heavy (non-hydrogen) atoms. The number of fused-ring (bicyclic) bond motifs is 2. The zero-order valence-electron chi connectivity index (χ0n) is 19.3. The van der Waals surface area contributed by atoms with Crippen molar-refractivity contribution in [1.29, 1.82) is 5.26 Å². The Balaban J connectivity index is 0.00000274. The summed E-state index contributed by atoms with van der Waals surface area (Å²) in [5.41, 5.74) is 3.28. The molecule has 0 aliphatic carbocycles. The van der Waals surface area contributed by atoms with E-state index in [2.05, 4.69) is 59.5 Å². The minimum atomic E-state index is -0.720. The Morgan fingerprint density at radius 2 is 1.53 bits per heavy atom. The molecule has 2 heterocycles. The molecule has 3 nitrogen and oxygen atoms in total. The summed E-state index contributed by atoms with van der Waals surface area (Å²) in [7, 11) is 0. The van der Waals surface area contributed by atoms with Crippen molar-refractivity contribution in [2.24, 2.45) is 0 Å². The summed E-state index contributed by atoms with van der Waals surface area (Å²) in [5, 5.41) is 21.7. The minimum Gasteiger partial charge on any atom is -0.385 e. The molecule has 5 heteroatoms. The van der Waals surface area contributed by atoms with Crippen LogP contribution < -0.4 is 0 Å². The van der Waals surface area contributed by atoms with Gasteiger partial charge in [-0.3, -0.25) is 0 Å². The van der Waals surface area contributed by atoms with E-state index < -0.39 is 11.0 Å². The van der Waals surface area contributed by atoms with E-state index in [9.17, 15) is 10.4 Å². The number of nitrogens with zero attached hydrogens (tertiary/aromatic N) is 2. The predicted molar refractivity (Wildman–Crippen MR) is 141 cm³/mol. The predicted octanol–water partition coefficient (Wildman–Crippen LogP) is 6.29. The molecule has 3 aromatic rings. The molecular weight excluding hydrogens is 460 g/mol. The van der Waals surface area contributed by atoms with Gasteiger partial charge in [0.1, 0.15) is 5.41 Å². The first-order chi connectivity index (χ1) is 16.1. The lowest BCUT2D eigenvalue weighted by Gasteiger charge is -2.39. The third-order valence-corrected chi connectivity index (χ3v) is 8.54. The molecule has 0 amide bonds. The Labute approximate surface area is 213 Å². The van der Waals surface area contributed by atoms with Gasteiger partial charge in [0.05, 0.1) is 11.7 Å². The van der Waals surface area contributed by atoms with Crippen LogP contribution in [0.2, 0.25) is 0 Å². The van der Waals surface area contributed by atoms with Crippen LogP contribution in [0.5, 0.6) is 0 Å². The van der Waals surface area contributed by atoms with Gasteiger partial charge in [0, 0.05) is 23.7 Å². The molecule has 3 aromatic carbocycles. The Morgan fingerprint density at radius 3 is 2.26 bits per heavy atom. The fourth-order valence-electron chi connectivity index (χ4n) is 5.51. The third-order valence-electron chi connectivity index (χ3n) is 7.42. The summed E-state index contributed by atoms with van der Waals surface area (Å²) >= 11 is 1.84. The Kier molecular flexibility index (Phi) is 7.70. The van der Waals surface area contributed by atoms with E-state index >= 15 is 0 Å². The summed E-state index contributed by atoms with van der Waals surface area (Å²) in [6, 6.07) is 29.8. The summed E-state index contributed by atoms with van der Waals surface area (Å²) in [4.78, 5) is 3.67. The number of hydrogen-bond acceptors (Lipinski definition) is 4. The molecule has 2 aliphatic rings. The number of hydrogen-bond donors (Lipinski definition) is 1. The van der Waals surface area contributed by atoms with Gasteiger partial charge in [0.2, 0.25) is 0 Å². The minimum absolute atomic E-state index is 0. The molecule has 0 radical (unpaired) electrons. The molecule has 1 atom stereocenters. The van der Waals surface area contributed by atoms with Crippen LogP contribution in [0, 0.1) is 11.3 Å². The number of aliphatic hydroxyl groups is 1. The maximum atomic E-state index is 11.1. The van der Waals surface area contributed by atoms with Crippen LogP contribution in [0.3, 0.4) is 0 Å². The van der Waals surface area contributed by atoms with E-state index in [0.717, 1.165) is 62.2 Å². The number of piperidine rings is 1. The molecule has 1 unspecified atom stereocenters. The van der Waals surface area contributed by atoms with Gasteiger partial charge in [-0.15, -0.1) is 24.2 Å². The van der Waals surface area contributed by atoms with E-state index in [1.165, 1.54) is 16.0 Å². The lowest BCUT2D eigenvalue weighted by molar-refractivity contribution is -0.0262. The van der Waals surface area contributed by atoms with E-state index in [4.69, 9.17) is 0 Å². The first kappa shape index (κ1) is 24.8. The average Bonchev–Trinajstić information content (AvgIpc) is 3.01. The molecule has 1 N–H and O–H groups in total. The SMILES string of the molecule is Cl.N#CC1(CCCN2CCC(O)(c3ccccc3)CC2)c2ccccc2CSc2ccccc21. The van der Waals surface area contributed by atoms with Gasteiger partial charge in [-0.25, -0.2) is 0 Å². The summed E-state index contributed by atoms with van der Waals surface area (Å²) in [6.45, 7) is 2.72. The van der Waals surface area contributed by atoms with Gasteiger partial charge in [0.15, 0.2) is 0 Å². The third kappa shape index (κ3) is 4.63. The molecule has 0 spiro atoms. The maximum Gasteiger partial charge on any atom is 0.109 e. The summed E-state index contributed by atoms with van der Waals surface area (Å²) in [5.74, 6) is 0.904. The Hall–Kier alpha value is -2.29. The second-order valence-corrected chi connectivity index (χ2v) is 10.3. The zero-order chi connectivity index (χ0) is 22.7. The Morgan fingerprint density at radius 1 is 0.882 bits per heavy atom. The smallest absolute Gasteiger partial charge is 0.109 e. The topological polar surface area (TPSA) is 47.3 Å². The molecule has 0 aromatic heterocycles. The van der Waals surface area contributed by atoms with Gasteiger partial charge >= 0.3 is 0 Å². The highest BCUT2D eigenvalue weighted by Crippen LogP contribution is 2.46. The van der Waals surface area contributed by atoms with E-state index in [1.54, 1.807) is 0 Å². The fraction of sp³-hybridized carbons (Fsp3) is 0.345. The second kappa shape index (κ2) is 10.5. The van der Waals surface area contributed by atoms with Gasteiger partial charge in [0.25, 0.3) is 0 Å². The van der Waals surface area contributed by atoms with Crippen LogP contribution in [0.15, 0.2) is 83.8 Å². The number of nitriles is 1. The van der Waals surface area contributed by atoms with Crippen molar-refractivity contribution in [2.45, 2.75) is 47.3 Å². The summed E-state index contributed by atoms with van der Waals surface area (Å²) < 4.78 is 0. The van der Waals surface area contributed by atoms with Crippen molar-refractivity contribution in [3.63, 3.8) is 0 Å². The normalized spacial score (nSPS) is 21.3. The monoisotopic (exact) mass is 490 g/mol. The molecule has 1 saturated heterocycles. The molecule has 2 aliphatic heterocycles. The van der Waals surface area contributed by atoms with Crippen LogP contribution in [0.4, 0.5) is 0 Å². The highest BCUT2D eigenvalue weighted by atomic mass is 35.5. The van der Waals surface area contributed by atoms with Crippen molar-refractivity contribution in [3.05, 3.63) is 101 Å². The van der Waals surface area contributed by atoms with Crippen molar-refractivity contribution < 1.29 is 5.11 Å². The van der Waals surface area contributed by atoms with Gasteiger partial charge in [-0.1, -0.05) is 72.8 Å². The van der Waals surface area contributed by atoms with Crippen molar-refractivity contribution in [2.75, 3.05) is 19.6 Å². The zero-order valence-corrected chi connectivity index (χ0v) is 21.0. The highest BCUT2D eigenvalue weighted by molar-refractivity contribution is 7.98. The molecule has 0 saturated carbocycles. The molecule has 176 valence electrons. The lowest BCUT2D eigenvalue weighted by Crippen LogP contribution is -2.43. The van der Waals surface area contributed by atoms with Crippen LogP contribution in [-0.2, 0) is 16.8 Å². The van der Waals surface area contributed by atoms with Crippen LogP contribution >= 0.6 is 24.2 Å². The van der Waals surface area contributed by atoms with Crippen LogP contribution in [-0.4, -0.2) is 29.6 Å². The van der Waals surface area contributed by atoms with Crippen molar-refractivity contribution in [1.82, 2.24) is 4.90 Å². The van der Waals surface area contributed by atoms with E-state index in [1.807, 2.05) is 42.1 Å². The summed E-state index contributed by atoms with van der Waals surface area (Å²) in [6.07, 6.45) is 3.26. The van der Waals surface area contributed by atoms with Crippen molar-refractivity contribution in [3.8, 4) is 6.07 Å². The Bertz CT molecular complexity index is 1100. The number of rotatable bonds is 5. The second-order valence-electron chi connectivity index (χ2n) is 9.30. The molecule has 5 rings (SSSR count). The fourth-order valence-corrected chi connectivity index (χ4v) is 6.64. The quantitative estimate of drug-likeness (QED) is 0.456. The molecular formula is C29H31ClN2OS. The van der Waals surface area contributed by atoms with Crippen molar-refractivity contribution >= 4 is 24.2 Å². The van der Waals surface area contributed by atoms with Crippen LogP contribution in [0.1, 0.15) is 47.9 Å². The highest BCUT2D eigenvalue weighted by Gasteiger charge is 2.40. The van der Waals surface area contributed by atoms with E-state index in [0.29, 0.717) is 0 Å². The number of benzene rings is 3. The first-order valence-electron chi connectivity index (χ1n) is 11.9. The maximum absolute atomic E-state index is 11.1. The number of halogens is 1. The standard InChI is InChI=1S/C29H30N2OS.ClH/c30-22-28(25-12-5-4-9-23(25)21-33-27-14-7-6-13-26(27)28)15-8-18-31-19-16-29(32,17-20-31)24-10-2-1-3-11-24;/h1-7,9-14,32H,8,15-21H2;1H.